The average Bonchev–Trinajstić information content (AvgIpc) is 3.29. The van der Waals surface area contributed by atoms with Gasteiger partial charge in [0.05, 0.1) is 11.2 Å². The molecule has 1 atom stereocenters. The monoisotopic (exact) mass is 365 g/mol. The van der Waals surface area contributed by atoms with Crippen molar-refractivity contribution in [1.82, 2.24) is 20.4 Å². The van der Waals surface area contributed by atoms with E-state index in [2.05, 4.69) is 25.3 Å². The number of benzene rings is 1. The Morgan fingerprint density at radius 2 is 2.15 bits per heavy atom. The third-order valence-corrected chi connectivity index (χ3v) is 5.20. The molecule has 0 radical (unpaired) electrons. The van der Waals surface area contributed by atoms with Crippen molar-refractivity contribution in [3.05, 3.63) is 47.6 Å². The third kappa shape index (κ3) is 3.37. The SMILES string of the molecule is Cc1noc(C)c1CCNC(=O)C1CCCN1c1ncnc2ccccc12. The number of hydrogen-bond acceptors (Lipinski definition) is 6. The van der Waals surface area contributed by atoms with E-state index >= 15 is 0 Å². The number of carbonyl (C=O) groups is 1. The summed E-state index contributed by atoms with van der Waals surface area (Å²) in [4.78, 5) is 23.7. The summed E-state index contributed by atoms with van der Waals surface area (Å²) in [6.07, 6.45) is 4.09. The van der Waals surface area contributed by atoms with Crippen LogP contribution in [0.15, 0.2) is 35.1 Å². The topological polar surface area (TPSA) is 84.2 Å². The standard InChI is InChI=1S/C20H23N5O2/c1-13-15(14(2)27-24-13)9-10-21-20(26)18-8-5-11-25(18)19-16-6-3-4-7-17(16)22-12-23-19/h3-4,6-7,12,18H,5,8-11H2,1-2H3,(H,21,26). The average molecular weight is 365 g/mol. The molecule has 1 N–H and O–H groups in total. The molecule has 140 valence electrons. The van der Waals surface area contributed by atoms with Crippen molar-refractivity contribution >= 4 is 22.6 Å². The molecule has 0 bridgehead atoms. The molecule has 0 spiro atoms. The molecule has 1 saturated heterocycles. The molecule has 1 fully saturated rings. The van der Waals surface area contributed by atoms with Gasteiger partial charge in [-0.3, -0.25) is 4.79 Å². The molecule has 1 amide bonds. The van der Waals surface area contributed by atoms with E-state index in [1.807, 2.05) is 38.1 Å². The molecule has 1 aromatic carbocycles. The molecule has 7 nitrogen and oxygen atoms in total. The largest absolute Gasteiger partial charge is 0.361 e. The van der Waals surface area contributed by atoms with Crippen molar-refractivity contribution in [2.45, 2.75) is 39.2 Å². The highest BCUT2D eigenvalue weighted by Crippen LogP contribution is 2.29. The third-order valence-electron chi connectivity index (χ3n) is 5.20. The van der Waals surface area contributed by atoms with Crippen molar-refractivity contribution in [2.24, 2.45) is 0 Å². The summed E-state index contributed by atoms with van der Waals surface area (Å²) in [5.41, 5.74) is 2.85. The van der Waals surface area contributed by atoms with Gasteiger partial charge < -0.3 is 14.7 Å². The molecule has 4 rings (SSSR count). The number of amides is 1. The Balaban J connectivity index is 1.47. The summed E-state index contributed by atoms with van der Waals surface area (Å²) in [6.45, 7) is 5.21. The van der Waals surface area contributed by atoms with E-state index in [1.165, 1.54) is 0 Å². The number of anilines is 1. The quantitative estimate of drug-likeness (QED) is 0.748. The van der Waals surface area contributed by atoms with E-state index < -0.39 is 0 Å². The fourth-order valence-corrected chi connectivity index (χ4v) is 3.80. The second-order valence-electron chi connectivity index (χ2n) is 6.91. The van der Waals surface area contributed by atoms with Crippen molar-refractivity contribution < 1.29 is 9.32 Å². The van der Waals surface area contributed by atoms with Gasteiger partial charge in [-0.25, -0.2) is 9.97 Å². The minimum atomic E-state index is -0.201. The maximum absolute atomic E-state index is 12.8. The molecule has 1 aliphatic rings. The van der Waals surface area contributed by atoms with Gasteiger partial charge in [0.25, 0.3) is 0 Å². The van der Waals surface area contributed by atoms with Crippen LogP contribution in [0, 0.1) is 13.8 Å². The van der Waals surface area contributed by atoms with Crippen LogP contribution in [-0.2, 0) is 11.2 Å². The van der Waals surface area contributed by atoms with Crippen LogP contribution in [0.2, 0.25) is 0 Å². The molecule has 1 unspecified atom stereocenters. The van der Waals surface area contributed by atoms with Gasteiger partial charge in [0.1, 0.15) is 23.9 Å². The zero-order valence-electron chi connectivity index (χ0n) is 15.6. The van der Waals surface area contributed by atoms with Crippen LogP contribution in [0.3, 0.4) is 0 Å². The fourth-order valence-electron chi connectivity index (χ4n) is 3.80. The van der Waals surface area contributed by atoms with Crippen LogP contribution >= 0.6 is 0 Å². The number of carbonyl (C=O) groups excluding carboxylic acids is 1. The molecule has 3 heterocycles. The van der Waals surface area contributed by atoms with Gasteiger partial charge in [-0.15, -0.1) is 0 Å². The lowest BCUT2D eigenvalue weighted by atomic mass is 10.1. The molecule has 1 aliphatic heterocycles. The molecule has 3 aromatic rings. The van der Waals surface area contributed by atoms with Gasteiger partial charge in [-0.2, -0.15) is 0 Å². The lowest BCUT2D eigenvalue weighted by molar-refractivity contribution is -0.122. The minimum absolute atomic E-state index is 0.0435. The van der Waals surface area contributed by atoms with E-state index in [0.717, 1.165) is 59.5 Å². The first-order valence-electron chi connectivity index (χ1n) is 9.31. The number of aromatic nitrogens is 3. The number of rotatable bonds is 5. The Bertz CT molecular complexity index is 943. The number of hydrogen-bond donors (Lipinski definition) is 1. The summed E-state index contributed by atoms with van der Waals surface area (Å²) < 4.78 is 5.18. The van der Waals surface area contributed by atoms with E-state index in [1.54, 1.807) is 6.33 Å². The fraction of sp³-hybridized carbons (Fsp3) is 0.400. The predicted molar refractivity (Wildman–Crippen MR) is 103 cm³/mol. The zero-order valence-corrected chi connectivity index (χ0v) is 15.6. The predicted octanol–water partition coefficient (Wildman–Crippen LogP) is 2.56. The maximum atomic E-state index is 12.8. The Morgan fingerprint density at radius 3 is 2.96 bits per heavy atom. The number of fused-ring (bicyclic) bond motifs is 1. The van der Waals surface area contributed by atoms with Gasteiger partial charge in [0.2, 0.25) is 5.91 Å². The van der Waals surface area contributed by atoms with Crippen LogP contribution in [-0.4, -0.2) is 40.2 Å². The second kappa shape index (κ2) is 7.34. The van der Waals surface area contributed by atoms with E-state index in [0.29, 0.717) is 6.54 Å². The van der Waals surface area contributed by atoms with E-state index in [9.17, 15) is 4.79 Å². The first-order valence-corrected chi connectivity index (χ1v) is 9.31. The van der Waals surface area contributed by atoms with Crippen molar-refractivity contribution in [2.75, 3.05) is 18.0 Å². The second-order valence-corrected chi connectivity index (χ2v) is 6.91. The lowest BCUT2D eigenvalue weighted by Crippen LogP contribution is -2.44. The van der Waals surface area contributed by atoms with Crippen molar-refractivity contribution in [3.8, 4) is 0 Å². The molecule has 27 heavy (non-hydrogen) atoms. The minimum Gasteiger partial charge on any atom is -0.361 e. The summed E-state index contributed by atoms with van der Waals surface area (Å²) in [5, 5.41) is 8.02. The van der Waals surface area contributed by atoms with Gasteiger partial charge >= 0.3 is 0 Å². The number of para-hydroxylation sites is 1. The number of nitrogens with zero attached hydrogens (tertiary/aromatic N) is 4. The molecular formula is C20H23N5O2. The highest BCUT2D eigenvalue weighted by molar-refractivity contribution is 5.93. The van der Waals surface area contributed by atoms with Gasteiger partial charge in [-0.1, -0.05) is 17.3 Å². The first-order chi connectivity index (χ1) is 13.1. The van der Waals surface area contributed by atoms with Crippen LogP contribution in [0.5, 0.6) is 0 Å². The Kier molecular flexibility index (Phi) is 4.75. The first kappa shape index (κ1) is 17.5. The smallest absolute Gasteiger partial charge is 0.242 e. The number of nitrogens with one attached hydrogen (secondary N) is 1. The van der Waals surface area contributed by atoms with Crippen LogP contribution in [0.4, 0.5) is 5.82 Å². The van der Waals surface area contributed by atoms with E-state index in [-0.39, 0.29) is 11.9 Å². The van der Waals surface area contributed by atoms with Crippen LogP contribution in [0.25, 0.3) is 10.9 Å². The van der Waals surface area contributed by atoms with Gasteiger partial charge in [0, 0.05) is 24.0 Å². The van der Waals surface area contributed by atoms with Crippen LogP contribution in [0.1, 0.15) is 29.9 Å². The molecular weight excluding hydrogens is 342 g/mol. The number of aryl methyl sites for hydroxylation is 2. The summed E-state index contributed by atoms with van der Waals surface area (Å²) in [6, 6.07) is 7.71. The lowest BCUT2D eigenvalue weighted by Gasteiger charge is -2.25. The normalized spacial score (nSPS) is 16.8. The summed E-state index contributed by atoms with van der Waals surface area (Å²) >= 11 is 0. The van der Waals surface area contributed by atoms with Gasteiger partial charge in [-0.05, 0) is 45.2 Å². The van der Waals surface area contributed by atoms with Crippen LogP contribution < -0.4 is 10.2 Å². The van der Waals surface area contributed by atoms with Gasteiger partial charge in [0.15, 0.2) is 0 Å². The summed E-state index contributed by atoms with van der Waals surface area (Å²) in [7, 11) is 0. The highest BCUT2D eigenvalue weighted by atomic mass is 16.5. The van der Waals surface area contributed by atoms with E-state index in [4.69, 9.17) is 4.52 Å². The Hall–Kier alpha value is -2.96. The molecule has 0 saturated carbocycles. The molecule has 0 aliphatic carbocycles. The molecule has 2 aromatic heterocycles. The molecule has 7 heteroatoms. The van der Waals surface area contributed by atoms with Crippen molar-refractivity contribution in [3.63, 3.8) is 0 Å². The zero-order chi connectivity index (χ0) is 18.8. The summed E-state index contributed by atoms with van der Waals surface area (Å²) in [5.74, 6) is 1.70. The maximum Gasteiger partial charge on any atom is 0.242 e. The Morgan fingerprint density at radius 1 is 1.30 bits per heavy atom. The Labute approximate surface area is 157 Å². The van der Waals surface area contributed by atoms with Crippen molar-refractivity contribution in [1.29, 1.82) is 0 Å². The highest BCUT2D eigenvalue weighted by Gasteiger charge is 2.32.